The summed E-state index contributed by atoms with van der Waals surface area (Å²) in [5.41, 5.74) is 1.25. The quantitative estimate of drug-likeness (QED) is 0.939. The van der Waals surface area contributed by atoms with E-state index < -0.39 is 11.4 Å². The van der Waals surface area contributed by atoms with E-state index in [1.54, 1.807) is 6.20 Å². The van der Waals surface area contributed by atoms with Crippen molar-refractivity contribution in [3.63, 3.8) is 0 Å². The highest BCUT2D eigenvalue weighted by Gasteiger charge is 2.41. The molecule has 0 saturated heterocycles. The Morgan fingerprint density at radius 2 is 1.86 bits per heavy atom. The van der Waals surface area contributed by atoms with Crippen molar-refractivity contribution in [2.45, 2.75) is 44.4 Å². The second kappa shape index (κ2) is 5.35. The molecule has 1 saturated carbocycles. The summed E-state index contributed by atoms with van der Waals surface area (Å²) < 4.78 is 2.00. The van der Waals surface area contributed by atoms with E-state index in [9.17, 15) is 9.90 Å². The van der Waals surface area contributed by atoms with Crippen molar-refractivity contribution in [3.05, 3.63) is 48.0 Å². The third kappa shape index (κ3) is 2.35. The molecule has 0 bridgehead atoms. The Hall–Kier alpha value is -2.10. The number of carboxylic acid groups (broad SMARTS) is 1. The van der Waals surface area contributed by atoms with E-state index in [-0.39, 0.29) is 0 Å². The number of benzene rings is 1. The van der Waals surface area contributed by atoms with E-state index in [1.165, 1.54) is 0 Å². The first-order chi connectivity index (χ1) is 10.1. The third-order valence-electron chi connectivity index (χ3n) is 4.64. The SMILES string of the molecule is Cc1nccn1-c1ccc(C2(C(=O)O)CCCCC2)cc1. The lowest BCUT2D eigenvalue weighted by Crippen LogP contribution is -2.37. The zero-order valence-electron chi connectivity index (χ0n) is 12.2. The van der Waals surface area contributed by atoms with E-state index >= 15 is 0 Å². The number of aliphatic carboxylic acids is 1. The van der Waals surface area contributed by atoms with Crippen LogP contribution in [0, 0.1) is 6.92 Å². The Balaban J connectivity index is 1.96. The summed E-state index contributed by atoms with van der Waals surface area (Å²) in [6, 6.07) is 7.91. The van der Waals surface area contributed by atoms with E-state index in [0.717, 1.165) is 49.2 Å². The van der Waals surface area contributed by atoms with Gasteiger partial charge >= 0.3 is 5.97 Å². The number of aromatic nitrogens is 2. The van der Waals surface area contributed by atoms with Crippen LogP contribution in [0.4, 0.5) is 0 Å². The highest BCUT2D eigenvalue weighted by Crippen LogP contribution is 2.40. The molecule has 4 nitrogen and oxygen atoms in total. The van der Waals surface area contributed by atoms with Gasteiger partial charge in [-0.25, -0.2) is 4.98 Å². The second-order valence-corrected chi connectivity index (χ2v) is 5.84. The number of imidazole rings is 1. The Kier molecular flexibility index (Phi) is 3.53. The van der Waals surface area contributed by atoms with Crippen LogP contribution in [0.5, 0.6) is 0 Å². The van der Waals surface area contributed by atoms with Crippen LogP contribution in [-0.2, 0) is 10.2 Å². The molecule has 0 aliphatic heterocycles. The number of hydrogen-bond acceptors (Lipinski definition) is 2. The molecule has 110 valence electrons. The first-order valence-electron chi connectivity index (χ1n) is 7.48. The summed E-state index contributed by atoms with van der Waals surface area (Å²) in [6.45, 7) is 1.95. The second-order valence-electron chi connectivity index (χ2n) is 5.84. The highest BCUT2D eigenvalue weighted by molar-refractivity contribution is 5.81. The van der Waals surface area contributed by atoms with Gasteiger partial charge in [0, 0.05) is 18.1 Å². The summed E-state index contributed by atoms with van der Waals surface area (Å²) in [5, 5.41) is 9.72. The minimum absolute atomic E-state index is 0.686. The van der Waals surface area contributed by atoms with Gasteiger partial charge in [0.1, 0.15) is 5.82 Å². The fraction of sp³-hybridized carbons (Fsp3) is 0.412. The maximum Gasteiger partial charge on any atom is 0.314 e. The van der Waals surface area contributed by atoms with Gasteiger partial charge in [0.2, 0.25) is 0 Å². The molecule has 2 aromatic rings. The number of rotatable bonds is 3. The van der Waals surface area contributed by atoms with Crippen molar-refractivity contribution in [2.24, 2.45) is 0 Å². The largest absolute Gasteiger partial charge is 0.481 e. The van der Waals surface area contributed by atoms with Crippen LogP contribution < -0.4 is 0 Å². The first kappa shape index (κ1) is 13.9. The minimum atomic E-state index is -0.694. The van der Waals surface area contributed by atoms with Gasteiger partial charge in [-0.15, -0.1) is 0 Å². The van der Waals surface area contributed by atoms with Gasteiger partial charge in [0.25, 0.3) is 0 Å². The molecule has 0 atom stereocenters. The fourth-order valence-electron chi connectivity index (χ4n) is 3.37. The van der Waals surface area contributed by atoms with Crippen LogP contribution in [0.15, 0.2) is 36.7 Å². The smallest absolute Gasteiger partial charge is 0.314 e. The summed E-state index contributed by atoms with van der Waals surface area (Å²) in [4.78, 5) is 16.0. The standard InChI is InChI=1S/C17H20N2O2/c1-13-18-11-12-19(13)15-7-5-14(6-8-15)17(16(20)21)9-3-2-4-10-17/h5-8,11-12H,2-4,9-10H2,1H3,(H,20,21). The normalized spacial score (nSPS) is 17.6. The Labute approximate surface area is 124 Å². The van der Waals surface area contributed by atoms with Crippen molar-refractivity contribution in [2.75, 3.05) is 0 Å². The van der Waals surface area contributed by atoms with Crippen molar-refractivity contribution >= 4 is 5.97 Å². The molecular formula is C17H20N2O2. The molecule has 1 fully saturated rings. The predicted octanol–water partition coefficient (Wildman–Crippen LogP) is 3.47. The maximum absolute atomic E-state index is 11.8. The molecule has 0 spiro atoms. The molecule has 21 heavy (non-hydrogen) atoms. The van der Waals surface area contributed by atoms with Crippen molar-refractivity contribution in [1.82, 2.24) is 9.55 Å². The lowest BCUT2D eigenvalue weighted by Gasteiger charge is -2.33. The van der Waals surface area contributed by atoms with Crippen molar-refractivity contribution < 1.29 is 9.90 Å². The zero-order chi connectivity index (χ0) is 14.9. The van der Waals surface area contributed by atoms with Crippen LogP contribution in [0.3, 0.4) is 0 Å². The lowest BCUT2D eigenvalue weighted by atomic mass is 9.69. The molecule has 1 aliphatic rings. The number of nitrogens with zero attached hydrogens (tertiary/aromatic N) is 2. The van der Waals surface area contributed by atoms with E-state index in [0.29, 0.717) is 0 Å². The molecule has 0 amide bonds. The van der Waals surface area contributed by atoms with Crippen LogP contribution in [0.1, 0.15) is 43.5 Å². The van der Waals surface area contributed by atoms with Crippen LogP contribution in [0.2, 0.25) is 0 Å². The highest BCUT2D eigenvalue weighted by atomic mass is 16.4. The Morgan fingerprint density at radius 3 is 2.38 bits per heavy atom. The molecule has 0 radical (unpaired) electrons. The van der Waals surface area contributed by atoms with Crippen LogP contribution in [-0.4, -0.2) is 20.6 Å². The molecule has 1 aromatic heterocycles. The molecule has 0 unspecified atom stereocenters. The summed E-state index contributed by atoms with van der Waals surface area (Å²) in [6.07, 6.45) is 8.29. The third-order valence-corrected chi connectivity index (χ3v) is 4.64. The van der Waals surface area contributed by atoms with Gasteiger partial charge in [0.15, 0.2) is 0 Å². The maximum atomic E-state index is 11.8. The summed E-state index contributed by atoms with van der Waals surface area (Å²) >= 11 is 0. The van der Waals surface area contributed by atoms with Gasteiger partial charge in [-0.2, -0.15) is 0 Å². The van der Waals surface area contributed by atoms with Gasteiger partial charge in [-0.1, -0.05) is 31.4 Å². The van der Waals surface area contributed by atoms with Crippen molar-refractivity contribution in [1.29, 1.82) is 0 Å². The minimum Gasteiger partial charge on any atom is -0.481 e. The molecule has 1 heterocycles. The summed E-state index contributed by atoms with van der Waals surface area (Å²) in [7, 11) is 0. The van der Waals surface area contributed by atoms with E-state index in [4.69, 9.17) is 0 Å². The lowest BCUT2D eigenvalue weighted by molar-refractivity contribution is -0.145. The van der Waals surface area contributed by atoms with E-state index in [1.807, 2.05) is 42.0 Å². The number of carbonyl (C=O) groups is 1. The van der Waals surface area contributed by atoms with Crippen LogP contribution >= 0.6 is 0 Å². The van der Waals surface area contributed by atoms with Gasteiger partial charge in [-0.05, 0) is 37.5 Å². The molecule has 1 aromatic carbocycles. The Bertz CT molecular complexity index is 637. The molecular weight excluding hydrogens is 264 g/mol. The monoisotopic (exact) mass is 284 g/mol. The zero-order valence-corrected chi connectivity index (χ0v) is 12.2. The molecule has 4 heteroatoms. The summed E-state index contributed by atoms with van der Waals surface area (Å²) in [5.74, 6) is 0.238. The van der Waals surface area contributed by atoms with Crippen LogP contribution in [0.25, 0.3) is 5.69 Å². The topological polar surface area (TPSA) is 55.1 Å². The predicted molar refractivity (Wildman–Crippen MR) is 80.7 cm³/mol. The average molecular weight is 284 g/mol. The van der Waals surface area contributed by atoms with Gasteiger partial charge in [-0.3, -0.25) is 4.79 Å². The first-order valence-corrected chi connectivity index (χ1v) is 7.48. The Morgan fingerprint density at radius 1 is 1.19 bits per heavy atom. The molecule has 3 rings (SSSR count). The van der Waals surface area contributed by atoms with Gasteiger partial charge in [0.05, 0.1) is 5.41 Å². The number of carboxylic acids is 1. The fourth-order valence-corrected chi connectivity index (χ4v) is 3.37. The average Bonchev–Trinajstić information content (AvgIpc) is 2.94. The molecule has 1 N–H and O–H groups in total. The molecule has 1 aliphatic carbocycles. The van der Waals surface area contributed by atoms with Crippen molar-refractivity contribution in [3.8, 4) is 5.69 Å². The van der Waals surface area contributed by atoms with E-state index in [2.05, 4.69) is 4.98 Å². The number of aryl methyl sites for hydroxylation is 1. The van der Waals surface area contributed by atoms with Gasteiger partial charge < -0.3 is 9.67 Å². The number of hydrogen-bond donors (Lipinski definition) is 1.